The third-order valence-corrected chi connectivity index (χ3v) is 3.34. The van der Waals surface area contributed by atoms with Gasteiger partial charge in [-0.05, 0) is 18.8 Å². The zero-order chi connectivity index (χ0) is 12.7. The number of fused-ring (bicyclic) bond motifs is 1. The van der Waals surface area contributed by atoms with Crippen molar-refractivity contribution in [1.82, 2.24) is 19.6 Å². The van der Waals surface area contributed by atoms with Gasteiger partial charge in [0.15, 0.2) is 0 Å². The van der Waals surface area contributed by atoms with Gasteiger partial charge in [0.1, 0.15) is 0 Å². The fourth-order valence-corrected chi connectivity index (χ4v) is 2.25. The Bertz CT molecular complexity index is 621. The van der Waals surface area contributed by atoms with E-state index in [0.717, 1.165) is 24.7 Å². The number of aromatic nitrogens is 4. The van der Waals surface area contributed by atoms with Gasteiger partial charge in [-0.1, -0.05) is 13.8 Å². The lowest BCUT2D eigenvalue weighted by Crippen LogP contribution is -2.20. The van der Waals surface area contributed by atoms with E-state index in [1.54, 1.807) is 6.07 Å². The highest BCUT2D eigenvalue weighted by Crippen LogP contribution is 2.16. The fourth-order valence-electron chi connectivity index (χ4n) is 2.25. The van der Waals surface area contributed by atoms with Crippen LogP contribution in [0.3, 0.4) is 0 Å². The van der Waals surface area contributed by atoms with Crippen molar-refractivity contribution in [3.05, 3.63) is 22.1 Å². The van der Waals surface area contributed by atoms with E-state index in [1.807, 2.05) is 13.8 Å². The van der Waals surface area contributed by atoms with Crippen LogP contribution in [0.25, 0.3) is 5.78 Å². The minimum absolute atomic E-state index is 0.0957. The molecule has 1 saturated heterocycles. The second kappa shape index (κ2) is 4.12. The first kappa shape index (κ1) is 11.3. The maximum absolute atomic E-state index is 12.0. The molecule has 0 spiro atoms. The molecular weight excluding hydrogens is 230 g/mol. The highest BCUT2D eigenvalue weighted by atomic mass is 16.1. The van der Waals surface area contributed by atoms with E-state index in [9.17, 15) is 4.79 Å². The summed E-state index contributed by atoms with van der Waals surface area (Å²) in [5, 5.41) is 3.03. The van der Waals surface area contributed by atoms with E-state index in [1.165, 1.54) is 17.4 Å². The quantitative estimate of drug-likeness (QED) is 0.864. The maximum atomic E-state index is 12.0. The molecule has 1 aliphatic heterocycles. The Hall–Kier alpha value is -1.85. The Labute approximate surface area is 105 Å². The predicted octanol–water partition coefficient (Wildman–Crippen LogP) is 1.14. The lowest BCUT2D eigenvalue weighted by molar-refractivity contribution is 0.792. The van der Waals surface area contributed by atoms with E-state index in [0.29, 0.717) is 5.78 Å². The van der Waals surface area contributed by atoms with E-state index >= 15 is 0 Å². The summed E-state index contributed by atoms with van der Waals surface area (Å²) >= 11 is 0. The Balaban J connectivity index is 2.10. The van der Waals surface area contributed by atoms with Crippen molar-refractivity contribution in [2.24, 2.45) is 0 Å². The summed E-state index contributed by atoms with van der Waals surface area (Å²) < 4.78 is 1.42. The number of rotatable bonds is 2. The fraction of sp³-hybridized carbons (Fsp3) is 0.583. The van der Waals surface area contributed by atoms with Crippen molar-refractivity contribution in [3.63, 3.8) is 0 Å². The Morgan fingerprint density at radius 3 is 2.67 bits per heavy atom. The molecule has 1 N–H and O–H groups in total. The largest absolute Gasteiger partial charge is 0.341 e. The first-order valence-electron chi connectivity index (χ1n) is 6.40. The summed E-state index contributed by atoms with van der Waals surface area (Å²) in [6.07, 6.45) is 2.35. The topological polar surface area (TPSA) is 66.3 Å². The first-order valence-corrected chi connectivity index (χ1v) is 6.40. The molecule has 0 atom stereocenters. The van der Waals surface area contributed by atoms with Gasteiger partial charge >= 0.3 is 0 Å². The van der Waals surface area contributed by atoms with Crippen molar-refractivity contribution in [2.75, 3.05) is 18.0 Å². The molecule has 18 heavy (non-hydrogen) atoms. The van der Waals surface area contributed by atoms with Crippen molar-refractivity contribution < 1.29 is 0 Å². The molecule has 2 aromatic rings. The molecule has 0 amide bonds. The van der Waals surface area contributed by atoms with Crippen LogP contribution in [0.4, 0.5) is 5.95 Å². The number of nitrogens with zero attached hydrogens (tertiary/aromatic N) is 4. The van der Waals surface area contributed by atoms with Crippen molar-refractivity contribution in [1.29, 1.82) is 0 Å². The smallest absolute Gasteiger partial charge is 0.274 e. The van der Waals surface area contributed by atoms with Gasteiger partial charge in [0, 0.05) is 19.2 Å². The molecule has 3 heterocycles. The zero-order valence-electron chi connectivity index (χ0n) is 10.7. The molecule has 0 aliphatic carbocycles. The van der Waals surface area contributed by atoms with E-state index in [-0.39, 0.29) is 11.5 Å². The summed E-state index contributed by atoms with van der Waals surface area (Å²) in [6.45, 7) is 6.02. The second-order valence-corrected chi connectivity index (χ2v) is 5.05. The molecule has 6 nitrogen and oxygen atoms in total. The van der Waals surface area contributed by atoms with Crippen LogP contribution in [0.5, 0.6) is 0 Å². The number of nitrogens with one attached hydrogen (secondary N) is 1. The molecule has 1 aliphatic rings. The van der Waals surface area contributed by atoms with E-state index in [4.69, 9.17) is 0 Å². The van der Waals surface area contributed by atoms with Crippen LogP contribution in [0, 0.1) is 0 Å². The molecule has 96 valence electrons. The lowest BCUT2D eigenvalue weighted by Gasteiger charge is -2.11. The van der Waals surface area contributed by atoms with E-state index < -0.39 is 0 Å². The number of H-pyrrole nitrogens is 1. The summed E-state index contributed by atoms with van der Waals surface area (Å²) in [4.78, 5) is 23.0. The minimum Gasteiger partial charge on any atom is -0.341 e. The number of aromatic amines is 1. The monoisotopic (exact) mass is 247 g/mol. The Kier molecular flexibility index (Phi) is 2.57. The average molecular weight is 247 g/mol. The Morgan fingerprint density at radius 1 is 1.28 bits per heavy atom. The average Bonchev–Trinajstić information content (AvgIpc) is 2.96. The lowest BCUT2D eigenvalue weighted by atomic mass is 10.1. The van der Waals surface area contributed by atoms with Gasteiger partial charge in [0.2, 0.25) is 5.95 Å². The van der Waals surface area contributed by atoms with Crippen molar-refractivity contribution in [2.45, 2.75) is 32.6 Å². The summed E-state index contributed by atoms with van der Waals surface area (Å²) in [7, 11) is 0. The Morgan fingerprint density at radius 2 is 2.00 bits per heavy atom. The molecule has 3 rings (SSSR count). The van der Waals surface area contributed by atoms with Crippen LogP contribution in [-0.4, -0.2) is 32.7 Å². The van der Waals surface area contributed by atoms with Crippen LogP contribution in [0.2, 0.25) is 0 Å². The highest BCUT2D eigenvalue weighted by Gasteiger charge is 2.17. The maximum Gasteiger partial charge on any atom is 0.274 e. The molecule has 0 saturated carbocycles. The number of hydrogen-bond acceptors (Lipinski definition) is 4. The van der Waals surface area contributed by atoms with Gasteiger partial charge in [-0.25, -0.2) is 4.98 Å². The molecular formula is C12H17N5O. The SMILES string of the molecule is CC(C)c1cc(=O)n2[nH]c(N3CCCC3)nc2n1. The van der Waals surface area contributed by atoms with Gasteiger partial charge in [-0.3, -0.25) is 9.89 Å². The van der Waals surface area contributed by atoms with Gasteiger partial charge < -0.3 is 4.90 Å². The molecule has 2 aromatic heterocycles. The predicted molar refractivity (Wildman–Crippen MR) is 69.1 cm³/mol. The standard InChI is InChI=1S/C12H17N5O/c1-8(2)9-7-10(18)17-11(13-9)14-12(15-17)16-5-3-4-6-16/h7-8H,3-6H2,1-2H3,(H,13,14,15). The molecule has 0 aromatic carbocycles. The normalized spacial score (nSPS) is 16.1. The van der Waals surface area contributed by atoms with Crippen LogP contribution in [0.1, 0.15) is 38.3 Å². The zero-order valence-corrected chi connectivity index (χ0v) is 10.7. The third-order valence-electron chi connectivity index (χ3n) is 3.34. The van der Waals surface area contributed by atoms with Crippen LogP contribution >= 0.6 is 0 Å². The van der Waals surface area contributed by atoms with Crippen molar-refractivity contribution >= 4 is 11.7 Å². The summed E-state index contributed by atoms with van der Waals surface area (Å²) in [5.74, 6) is 1.45. The molecule has 0 unspecified atom stereocenters. The van der Waals surface area contributed by atoms with Gasteiger partial charge in [-0.2, -0.15) is 9.50 Å². The highest BCUT2D eigenvalue weighted by molar-refractivity contribution is 5.40. The minimum atomic E-state index is -0.0957. The van der Waals surface area contributed by atoms with Crippen molar-refractivity contribution in [3.8, 4) is 0 Å². The molecule has 0 radical (unpaired) electrons. The number of anilines is 1. The van der Waals surface area contributed by atoms with Gasteiger partial charge in [-0.15, -0.1) is 0 Å². The summed E-state index contributed by atoms with van der Waals surface area (Å²) in [5.41, 5.74) is 0.695. The third kappa shape index (κ3) is 1.77. The van der Waals surface area contributed by atoms with Crippen LogP contribution in [0.15, 0.2) is 10.9 Å². The molecule has 1 fully saturated rings. The summed E-state index contributed by atoms with van der Waals surface area (Å²) in [6, 6.07) is 1.57. The van der Waals surface area contributed by atoms with Gasteiger partial charge in [0.25, 0.3) is 11.3 Å². The van der Waals surface area contributed by atoms with E-state index in [2.05, 4.69) is 20.0 Å². The molecule has 6 heteroatoms. The molecule has 0 bridgehead atoms. The van der Waals surface area contributed by atoms with Crippen LogP contribution in [-0.2, 0) is 0 Å². The second-order valence-electron chi connectivity index (χ2n) is 5.05. The first-order chi connectivity index (χ1) is 8.65. The van der Waals surface area contributed by atoms with Gasteiger partial charge in [0.05, 0.1) is 5.69 Å². The number of hydrogen-bond donors (Lipinski definition) is 1. The van der Waals surface area contributed by atoms with Crippen LogP contribution < -0.4 is 10.5 Å².